The van der Waals surface area contributed by atoms with Crippen molar-refractivity contribution in [1.29, 1.82) is 0 Å². The Kier molecular flexibility index (Phi) is 4.12. The fraction of sp³-hybridized carbons (Fsp3) is 0.632. The van der Waals surface area contributed by atoms with E-state index in [0.717, 1.165) is 64.6 Å². The molecule has 0 saturated carbocycles. The highest BCUT2D eigenvalue weighted by Crippen LogP contribution is 2.47. The average Bonchev–Trinajstić information content (AvgIpc) is 3.14. The van der Waals surface area contributed by atoms with Crippen molar-refractivity contribution in [3.05, 3.63) is 35.9 Å². The van der Waals surface area contributed by atoms with Crippen LogP contribution in [-0.4, -0.2) is 50.2 Å². The Morgan fingerprint density at radius 2 is 2.00 bits per heavy atom. The lowest BCUT2D eigenvalue weighted by atomic mass is 9.73. The minimum absolute atomic E-state index is 0.216. The molecular formula is C19H26N2O2. The molecule has 1 spiro atoms. The van der Waals surface area contributed by atoms with Crippen LogP contribution in [0.1, 0.15) is 30.7 Å². The third-order valence-electron chi connectivity index (χ3n) is 5.98. The van der Waals surface area contributed by atoms with Gasteiger partial charge in [0.1, 0.15) is 0 Å². The van der Waals surface area contributed by atoms with Gasteiger partial charge in [-0.15, -0.1) is 0 Å². The van der Waals surface area contributed by atoms with Gasteiger partial charge in [0.15, 0.2) is 0 Å². The third-order valence-corrected chi connectivity index (χ3v) is 5.98. The Hall–Kier alpha value is -1.39. The number of amides is 1. The molecular weight excluding hydrogens is 288 g/mol. The summed E-state index contributed by atoms with van der Waals surface area (Å²) in [5, 5.41) is 3.09. The van der Waals surface area contributed by atoms with Crippen LogP contribution in [0.3, 0.4) is 0 Å². The topological polar surface area (TPSA) is 41.6 Å². The molecule has 4 heteroatoms. The SMILES string of the molecule is O=C1NCC[C@]12CN(CC1CCOCC1)C[C@H]2c1ccccc1. The van der Waals surface area contributed by atoms with E-state index in [1.165, 1.54) is 5.56 Å². The molecule has 0 aliphatic carbocycles. The standard InChI is InChI=1S/C19H26N2O2/c22-18-19(8-9-20-18)14-21(12-15-6-10-23-11-7-15)13-17(19)16-4-2-1-3-5-16/h1-5,15,17H,6-14H2,(H,20,22)/t17-,19+/m0/s1. The number of nitrogens with zero attached hydrogens (tertiary/aromatic N) is 1. The van der Waals surface area contributed by atoms with Gasteiger partial charge in [-0.3, -0.25) is 4.79 Å². The summed E-state index contributed by atoms with van der Waals surface area (Å²) < 4.78 is 5.48. The third kappa shape index (κ3) is 2.79. The second-order valence-electron chi connectivity index (χ2n) is 7.38. The molecule has 1 aromatic carbocycles. The molecule has 0 radical (unpaired) electrons. The van der Waals surface area contributed by atoms with Gasteiger partial charge in [-0.2, -0.15) is 0 Å². The van der Waals surface area contributed by atoms with Crippen LogP contribution < -0.4 is 5.32 Å². The molecule has 124 valence electrons. The predicted molar refractivity (Wildman–Crippen MR) is 89.2 cm³/mol. The number of carbonyl (C=O) groups is 1. The van der Waals surface area contributed by atoms with Crippen LogP contribution in [0.5, 0.6) is 0 Å². The summed E-state index contributed by atoms with van der Waals surface area (Å²) >= 11 is 0. The van der Waals surface area contributed by atoms with Crippen LogP contribution in [0.15, 0.2) is 30.3 Å². The van der Waals surface area contributed by atoms with Gasteiger partial charge in [-0.1, -0.05) is 30.3 Å². The molecule has 0 aromatic heterocycles. The van der Waals surface area contributed by atoms with Crippen molar-refractivity contribution in [3.8, 4) is 0 Å². The van der Waals surface area contributed by atoms with E-state index in [0.29, 0.717) is 5.92 Å². The Bertz CT molecular complexity index is 556. The molecule has 3 fully saturated rings. The van der Waals surface area contributed by atoms with E-state index in [1.807, 2.05) is 0 Å². The van der Waals surface area contributed by atoms with E-state index < -0.39 is 0 Å². The Morgan fingerprint density at radius 1 is 1.22 bits per heavy atom. The number of benzene rings is 1. The average molecular weight is 314 g/mol. The minimum Gasteiger partial charge on any atom is -0.381 e. The molecule has 1 aromatic rings. The molecule has 3 aliphatic heterocycles. The van der Waals surface area contributed by atoms with Crippen molar-refractivity contribution in [2.45, 2.75) is 25.2 Å². The van der Waals surface area contributed by atoms with E-state index in [9.17, 15) is 4.79 Å². The molecule has 2 atom stereocenters. The van der Waals surface area contributed by atoms with Crippen molar-refractivity contribution in [2.24, 2.45) is 11.3 Å². The normalized spacial score (nSPS) is 32.5. The zero-order valence-electron chi connectivity index (χ0n) is 13.7. The largest absolute Gasteiger partial charge is 0.381 e. The fourth-order valence-electron chi connectivity index (χ4n) is 4.72. The molecule has 4 nitrogen and oxygen atoms in total. The van der Waals surface area contributed by atoms with Crippen LogP contribution in [-0.2, 0) is 9.53 Å². The van der Waals surface area contributed by atoms with Gasteiger partial charge < -0.3 is 15.0 Å². The van der Waals surface area contributed by atoms with Crippen molar-refractivity contribution in [1.82, 2.24) is 10.2 Å². The van der Waals surface area contributed by atoms with Gasteiger partial charge in [-0.05, 0) is 30.7 Å². The molecule has 3 saturated heterocycles. The maximum absolute atomic E-state index is 12.7. The van der Waals surface area contributed by atoms with Crippen LogP contribution in [0.2, 0.25) is 0 Å². The maximum atomic E-state index is 12.7. The Labute approximate surface area is 138 Å². The van der Waals surface area contributed by atoms with Crippen LogP contribution in [0.4, 0.5) is 0 Å². The summed E-state index contributed by atoms with van der Waals surface area (Å²) in [6.07, 6.45) is 3.28. The number of nitrogens with one attached hydrogen (secondary N) is 1. The molecule has 0 bridgehead atoms. The molecule has 1 amide bonds. The smallest absolute Gasteiger partial charge is 0.228 e. The first-order chi connectivity index (χ1) is 11.3. The van der Waals surface area contributed by atoms with Gasteiger partial charge in [-0.25, -0.2) is 0 Å². The summed E-state index contributed by atoms with van der Waals surface area (Å²) in [6.45, 7) is 5.65. The van der Waals surface area contributed by atoms with Gasteiger partial charge in [0.2, 0.25) is 5.91 Å². The first-order valence-corrected chi connectivity index (χ1v) is 8.91. The zero-order valence-corrected chi connectivity index (χ0v) is 13.7. The highest BCUT2D eigenvalue weighted by molar-refractivity contribution is 5.86. The quantitative estimate of drug-likeness (QED) is 0.928. The van der Waals surface area contributed by atoms with Gasteiger partial charge in [0.05, 0.1) is 5.41 Å². The summed E-state index contributed by atoms with van der Waals surface area (Å²) in [7, 11) is 0. The predicted octanol–water partition coefficient (Wildman–Crippen LogP) is 2.02. The van der Waals surface area contributed by atoms with Crippen molar-refractivity contribution < 1.29 is 9.53 Å². The second kappa shape index (κ2) is 6.25. The lowest BCUT2D eigenvalue weighted by Crippen LogP contribution is -2.38. The molecule has 0 unspecified atom stereocenters. The van der Waals surface area contributed by atoms with Gasteiger partial charge in [0, 0.05) is 45.3 Å². The maximum Gasteiger partial charge on any atom is 0.228 e. The van der Waals surface area contributed by atoms with E-state index in [-0.39, 0.29) is 11.3 Å². The summed E-state index contributed by atoms with van der Waals surface area (Å²) in [6, 6.07) is 10.6. The lowest BCUT2D eigenvalue weighted by molar-refractivity contribution is -0.127. The van der Waals surface area contributed by atoms with Gasteiger partial charge in [0.25, 0.3) is 0 Å². The van der Waals surface area contributed by atoms with Gasteiger partial charge >= 0.3 is 0 Å². The monoisotopic (exact) mass is 314 g/mol. The molecule has 1 N–H and O–H groups in total. The highest BCUT2D eigenvalue weighted by Gasteiger charge is 2.54. The minimum atomic E-state index is -0.216. The van der Waals surface area contributed by atoms with Crippen LogP contribution in [0.25, 0.3) is 0 Å². The van der Waals surface area contributed by atoms with Crippen molar-refractivity contribution in [3.63, 3.8) is 0 Å². The first-order valence-electron chi connectivity index (χ1n) is 8.91. The molecule has 23 heavy (non-hydrogen) atoms. The Morgan fingerprint density at radius 3 is 2.70 bits per heavy atom. The molecule has 4 rings (SSSR count). The lowest BCUT2D eigenvalue weighted by Gasteiger charge is -2.28. The Balaban J connectivity index is 1.55. The number of ether oxygens (including phenoxy) is 1. The van der Waals surface area contributed by atoms with Crippen LogP contribution in [0, 0.1) is 11.3 Å². The summed E-state index contributed by atoms with van der Waals surface area (Å²) in [4.78, 5) is 15.2. The summed E-state index contributed by atoms with van der Waals surface area (Å²) in [5.41, 5.74) is 1.10. The van der Waals surface area contributed by atoms with E-state index in [1.54, 1.807) is 0 Å². The number of likely N-dealkylation sites (tertiary alicyclic amines) is 1. The number of carbonyl (C=O) groups excluding carboxylic acids is 1. The van der Waals surface area contributed by atoms with E-state index in [4.69, 9.17) is 4.74 Å². The second-order valence-corrected chi connectivity index (χ2v) is 7.38. The fourth-order valence-corrected chi connectivity index (χ4v) is 4.72. The summed E-state index contributed by atoms with van der Waals surface area (Å²) in [5.74, 6) is 1.31. The molecule has 3 aliphatic rings. The number of rotatable bonds is 3. The van der Waals surface area contributed by atoms with Crippen molar-refractivity contribution >= 4 is 5.91 Å². The number of hydrogen-bond donors (Lipinski definition) is 1. The molecule has 3 heterocycles. The highest BCUT2D eigenvalue weighted by atomic mass is 16.5. The number of hydrogen-bond acceptors (Lipinski definition) is 3. The van der Waals surface area contributed by atoms with Crippen molar-refractivity contribution in [2.75, 3.05) is 39.4 Å². The first kappa shape index (κ1) is 15.2. The van der Waals surface area contributed by atoms with E-state index >= 15 is 0 Å². The zero-order chi connectivity index (χ0) is 15.7. The van der Waals surface area contributed by atoms with E-state index in [2.05, 4.69) is 40.5 Å². The van der Waals surface area contributed by atoms with Crippen LogP contribution >= 0.6 is 0 Å².